The van der Waals surface area contributed by atoms with Gasteiger partial charge in [-0.3, -0.25) is 9.36 Å². The van der Waals surface area contributed by atoms with Crippen molar-refractivity contribution in [3.05, 3.63) is 69.0 Å². The summed E-state index contributed by atoms with van der Waals surface area (Å²) in [5.41, 5.74) is 4.72. The highest BCUT2D eigenvalue weighted by atomic mass is 35.5. The van der Waals surface area contributed by atoms with Gasteiger partial charge in [0, 0.05) is 22.2 Å². The zero-order chi connectivity index (χ0) is 19.8. The Balaban J connectivity index is 1.91. The molecule has 2 aromatic heterocycles. The average molecular weight is 429 g/mol. The molecule has 0 spiro atoms. The third kappa shape index (κ3) is 3.59. The summed E-state index contributed by atoms with van der Waals surface area (Å²) in [5, 5.41) is 2.25. The lowest BCUT2D eigenvalue weighted by Crippen LogP contribution is -2.24. The van der Waals surface area contributed by atoms with Crippen molar-refractivity contribution in [3.8, 4) is 10.4 Å². The average Bonchev–Trinajstić information content (AvgIpc) is 3.03. The van der Waals surface area contributed by atoms with Crippen LogP contribution in [0.3, 0.4) is 0 Å². The Morgan fingerprint density at radius 3 is 2.89 bits per heavy atom. The van der Waals surface area contributed by atoms with E-state index in [1.165, 1.54) is 27.8 Å². The van der Waals surface area contributed by atoms with Crippen molar-refractivity contribution in [1.29, 1.82) is 0 Å². The summed E-state index contributed by atoms with van der Waals surface area (Å²) in [7, 11) is 0. The lowest BCUT2D eigenvalue weighted by Gasteiger charge is -2.16. The molecule has 1 aliphatic carbocycles. The number of aryl methyl sites for hydroxylation is 2. The van der Waals surface area contributed by atoms with E-state index >= 15 is 0 Å². The zero-order valence-electron chi connectivity index (χ0n) is 15.9. The third-order valence-corrected chi connectivity index (χ3v) is 7.00. The van der Waals surface area contributed by atoms with Crippen LogP contribution in [0.1, 0.15) is 25.0 Å². The van der Waals surface area contributed by atoms with E-state index in [2.05, 4.69) is 30.8 Å². The van der Waals surface area contributed by atoms with Gasteiger partial charge in [0.15, 0.2) is 5.16 Å². The normalized spacial score (nSPS) is 13.5. The molecule has 3 nitrogen and oxygen atoms in total. The van der Waals surface area contributed by atoms with Crippen molar-refractivity contribution < 1.29 is 0 Å². The summed E-state index contributed by atoms with van der Waals surface area (Å²) < 4.78 is 1.76. The highest BCUT2D eigenvalue weighted by molar-refractivity contribution is 7.99. The molecular weight excluding hydrogens is 408 g/mol. The molecule has 0 amide bonds. The van der Waals surface area contributed by atoms with Gasteiger partial charge in [0.25, 0.3) is 5.56 Å². The van der Waals surface area contributed by atoms with Crippen LogP contribution in [0.4, 0.5) is 0 Å². The van der Waals surface area contributed by atoms with Crippen LogP contribution in [0, 0.1) is 0 Å². The Labute approximate surface area is 177 Å². The van der Waals surface area contributed by atoms with Crippen molar-refractivity contribution in [2.24, 2.45) is 0 Å². The van der Waals surface area contributed by atoms with Gasteiger partial charge in [-0.1, -0.05) is 65.9 Å². The van der Waals surface area contributed by atoms with E-state index in [0.717, 1.165) is 44.4 Å². The topological polar surface area (TPSA) is 34.9 Å². The van der Waals surface area contributed by atoms with Crippen LogP contribution in [0.5, 0.6) is 0 Å². The molecule has 0 saturated carbocycles. The van der Waals surface area contributed by atoms with E-state index in [4.69, 9.17) is 16.6 Å². The second-order valence-corrected chi connectivity index (χ2v) is 9.67. The van der Waals surface area contributed by atoms with E-state index in [-0.39, 0.29) is 5.56 Å². The SMILES string of the molecule is C=C(C)Cn1c(SC/C=C(/C)Cl)nc2sc3c(c2c1=O)CCc1ccccc1-3. The third-order valence-electron chi connectivity index (χ3n) is 4.79. The molecule has 3 aromatic rings. The van der Waals surface area contributed by atoms with E-state index in [9.17, 15) is 4.79 Å². The molecular formula is C22H21ClN2OS2. The van der Waals surface area contributed by atoms with Crippen molar-refractivity contribution in [2.75, 3.05) is 5.75 Å². The summed E-state index contributed by atoms with van der Waals surface area (Å²) in [5.74, 6) is 0.678. The second kappa shape index (κ2) is 7.90. The molecule has 1 aromatic carbocycles. The van der Waals surface area contributed by atoms with Crippen LogP contribution >= 0.6 is 34.7 Å². The molecule has 0 fully saturated rings. The number of fused-ring (bicyclic) bond motifs is 5. The van der Waals surface area contributed by atoms with E-state index in [1.54, 1.807) is 15.9 Å². The van der Waals surface area contributed by atoms with E-state index in [1.807, 2.05) is 19.9 Å². The fraction of sp³-hybridized carbons (Fsp3) is 0.273. The minimum Gasteiger partial charge on any atom is -0.283 e. The maximum atomic E-state index is 13.5. The molecule has 0 aliphatic heterocycles. The molecule has 1 aliphatic rings. The maximum absolute atomic E-state index is 13.5. The smallest absolute Gasteiger partial charge is 0.263 e. The Morgan fingerprint density at radius 1 is 1.36 bits per heavy atom. The van der Waals surface area contributed by atoms with Gasteiger partial charge < -0.3 is 0 Å². The molecule has 2 heterocycles. The number of aromatic nitrogens is 2. The van der Waals surface area contributed by atoms with Crippen LogP contribution in [-0.4, -0.2) is 15.3 Å². The van der Waals surface area contributed by atoms with Gasteiger partial charge in [0.05, 0.1) is 5.39 Å². The summed E-state index contributed by atoms with van der Waals surface area (Å²) in [6.07, 6.45) is 3.78. The molecule has 144 valence electrons. The van der Waals surface area contributed by atoms with Crippen molar-refractivity contribution >= 4 is 44.9 Å². The number of hydrogen-bond acceptors (Lipinski definition) is 4. The first-order valence-corrected chi connectivity index (χ1v) is 11.4. The Hall–Kier alpha value is -1.82. The molecule has 0 unspecified atom stereocenters. The number of rotatable bonds is 5. The maximum Gasteiger partial charge on any atom is 0.263 e. The number of halogens is 1. The van der Waals surface area contributed by atoms with E-state index < -0.39 is 0 Å². The summed E-state index contributed by atoms with van der Waals surface area (Å²) in [6, 6.07) is 8.47. The molecule has 0 saturated heterocycles. The van der Waals surface area contributed by atoms with Crippen molar-refractivity contribution in [1.82, 2.24) is 9.55 Å². The van der Waals surface area contributed by atoms with Crippen LogP contribution < -0.4 is 5.56 Å². The fourth-order valence-corrected chi connectivity index (χ4v) is 5.99. The monoisotopic (exact) mass is 428 g/mol. The molecule has 6 heteroatoms. The van der Waals surface area contributed by atoms with E-state index in [0.29, 0.717) is 12.3 Å². The van der Waals surface area contributed by atoms with Crippen LogP contribution in [-0.2, 0) is 19.4 Å². The van der Waals surface area contributed by atoms with Crippen molar-refractivity contribution in [2.45, 2.75) is 38.4 Å². The molecule has 0 bridgehead atoms. The first-order chi connectivity index (χ1) is 13.5. The minimum atomic E-state index is 0.0407. The standard InChI is InChI=1S/C22H21ClN2OS2/c1-13(2)12-25-21(26)18-17-9-8-15-6-4-5-7-16(15)19(17)28-20(18)24-22(25)27-11-10-14(3)23/h4-7,10H,1,8-9,11-12H2,2-3H3/b14-10-. The molecule has 4 rings (SSSR count). The lowest BCUT2D eigenvalue weighted by atomic mass is 9.90. The van der Waals surface area contributed by atoms with Gasteiger partial charge in [0.2, 0.25) is 0 Å². The highest BCUT2D eigenvalue weighted by Crippen LogP contribution is 2.42. The summed E-state index contributed by atoms with van der Waals surface area (Å²) >= 11 is 9.13. The van der Waals surface area contributed by atoms with Crippen LogP contribution in [0.15, 0.2) is 57.5 Å². The Morgan fingerprint density at radius 2 is 2.14 bits per heavy atom. The van der Waals surface area contributed by atoms with Crippen molar-refractivity contribution in [3.63, 3.8) is 0 Å². The fourth-order valence-electron chi connectivity index (χ4n) is 3.55. The summed E-state index contributed by atoms with van der Waals surface area (Å²) in [6.45, 7) is 8.27. The largest absolute Gasteiger partial charge is 0.283 e. The first kappa shape index (κ1) is 19.5. The number of nitrogens with zero attached hydrogens (tertiary/aromatic N) is 2. The lowest BCUT2D eigenvalue weighted by molar-refractivity contribution is 0.652. The first-order valence-electron chi connectivity index (χ1n) is 9.19. The highest BCUT2D eigenvalue weighted by Gasteiger charge is 2.25. The van der Waals surface area contributed by atoms with Crippen LogP contribution in [0.2, 0.25) is 0 Å². The number of thioether (sulfide) groups is 1. The van der Waals surface area contributed by atoms with Gasteiger partial charge in [-0.25, -0.2) is 4.98 Å². The van der Waals surface area contributed by atoms with Gasteiger partial charge in [-0.2, -0.15) is 0 Å². The molecule has 0 atom stereocenters. The number of benzene rings is 1. The molecule has 0 radical (unpaired) electrons. The predicted molar refractivity (Wildman–Crippen MR) is 122 cm³/mol. The number of thiophene rings is 1. The zero-order valence-corrected chi connectivity index (χ0v) is 18.3. The molecule has 28 heavy (non-hydrogen) atoms. The number of hydrogen-bond donors (Lipinski definition) is 0. The van der Waals surface area contributed by atoms with Gasteiger partial charge >= 0.3 is 0 Å². The summed E-state index contributed by atoms with van der Waals surface area (Å²) in [4.78, 5) is 20.4. The minimum absolute atomic E-state index is 0.0407. The van der Waals surface area contributed by atoms with Crippen LogP contribution in [0.25, 0.3) is 20.7 Å². The second-order valence-electron chi connectivity index (χ2n) is 7.09. The molecule has 0 N–H and O–H groups in total. The predicted octanol–water partition coefficient (Wildman–Crippen LogP) is 6.03. The Kier molecular flexibility index (Phi) is 5.50. The van der Waals surface area contributed by atoms with Gasteiger partial charge in [-0.15, -0.1) is 11.3 Å². The van der Waals surface area contributed by atoms with Gasteiger partial charge in [0.1, 0.15) is 4.83 Å². The quantitative estimate of drug-likeness (QED) is 0.282. The number of allylic oxidation sites excluding steroid dienone is 2. The van der Waals surface area contributed by atoms with Gasteiger partial charge in [-0.05, 0) is 43.4 Å². The Bertz CT molecular complexity index is 1170.